The summed E-state index contributed by atoms with van der Waals surface area (Å²) in [6.45, 7) is 4.59. The molecule has 0 saturated heterocycles. The number of hydrogen-bond acceptors (Lipinski definition) is 7. The average Bonchev–Trinajstić information content (AvgIpc) is 3.30. The molecule has 5 rings (SSSR count). The third kappa shape index (κ3) is 5.85. The molecule has 0 aliphatic carbocycles. The van der Waals surface area contributed by atoms with Gasteiger partial charge in [-0.2, -0.15) is 0 Å². The van der Waals surface area contributed by atoms with Crippen LogP contribution in [-0.2, 0) is 9.53 Å². The maximum atomic E-state index is 14.1. The Morgan fingerprint density at radius 2 is 1.83 bits per heavy atom. The van der Waals surface area contributed by atoms with Crippen molar-refractivity contribution in [2.45, 2.75) is 26.3 Å². The number of benzene rings is 3. The van der Waals surface area contributed by atoms with Gasteiger partial charge < -0.3 is 14.2 Å². The number of esters is 1. The molecule has 0 N–H and O–H groups in total. The van der Waals surface area contributed by atoms with Gasteiger partial charge in [0.1, 0.15) is 17.5 Å². The van der Waals surface area contributed by atoms with E-state index in [0.717, 1.165) is 23.3 Å². The van der Waals surface area contributed by atoms with Gasteiger partial charge in [0.2, 0.25) is 0 Å². The SMILES string of the molecule is CCCOc1ccc(/C=c2/sc3n(c2=O)[C@H](c2cc(Cl)ccc2OC)C(C(=O)OCC)=C(c2ccccc2)N=3)cc1. The van der Waals surface area contributed by atoms with Gasteiger partial charge in [-0.1, -0.05) is 72.3 Å². The first-order chi connectivity index (χ1) is 19.9. The number of fused-ring (bicyclic) bond motifs is 1. The first-order valence-corrected chi connectivity index (χ1v) is 14.5. The van der Waals surface area contributed by atoms with Crippen LogP contribution in [0.5, 0.6) is 11.5 Å². The highest BCUT2D eigenvalue weighted by Gasteiger charge is 2.36. The Bertz CT molecular complexity index is 1780. The zero-order valence-corrected chi connectivity index (χ0v) is 24.5. The minimum absolute atomic E-state index is 0.159. The lowest BCUT2D eigenvalue weighted by Crippen LogP contribution is -2.40. The molecule has 0 fully saturated rings. The summed E-state index contributed by atoms with van der Waals surface area (Å²) in [5, 5.41) is 0.440. The van der Waals surface area contributed by atoms with Gasteiger partial charge in [-0.05, 0) is 55.3 Å². The fraction of sp³-hybridized carbons (Fsp3) is 0.219. The van der Waals surface area contributed by atoms with Crippen LogP contribution in [0.4, 0.5) is 0 Å². The molecule has 2 heterocycles. The third-order valence-electron chi connectivity index (χ3n) is 6.51. The molecule has 1 aliphatic rings. The highest BCUT2D eigenvalue weighted by atomic mass is 35.5. The number of nitrogens with zero attached hydrogens (tertiary/aromatic N) is 2. The van der Waals surface area contributed by atoms with Crippen molar-refractivity contribution in [3.63, 3.8) is 0 Å². The molecule has 0 saturated carbocycles. The summed E-state index contributed by atoms with van der Waals surface area (Å²) < 4.78 is 18.9. The van der Waals surface area contributed by atoms with Crippen LogP contribution < -0.4 is 24.4 Å². The second-order valence-corrected chi connectivity index (χ2v) is 10.7. The number of thiazole rings is 1. The molecule has 210 valence electrons. The molecule has 0 unspecified atom stereocenters. The van der Waals surface area contributed by atoms with Crippen molar-refractivity contribution >= 4 is 40.7 Å². The molecule has 0 bridgehead atoms. The molecule has 41 heavy (non-hydrogen) atoms. The molecular weight excluding hydrogens is 560 g/mol. The second kappa shape index (κ2) is 12.6. The largest absolute Gasteiger partial charge is 0.496 e. The van der Waals surface area contributed by atoms with Gasteiger partial charge in [0.05, 0.1) is 36.1 Å². The lowest BCUT2D eigenvalue weighted by molar-refractivity contribution is -0.138. The van der Waals surface area contributed by atoms with Gasteiger partial charge in [0.15, 0.2) is 4.80 Å². The maximum Gasteiger partial charge on any atom is 0.338 e. The Morgan fingerprint density at radius 1 is 1.07 bits per heavy atom. The van der Waals surface area contributed by atoms with E-state index in [1.807, 2.05) is 60.7 Å². The molecule has 3 aromatic carbocycles. The molecule has 4 aromatic rings. The van der Waals surface area contributed by atoms with Crippen LogP contribution >= 0.6 is 22.9 Å². The summed E-state index contributed by atoms with van der Waals surface area (Å²) in [5.41, 5.74) is 2.49. The van der Waals surface area contributed by atoms with Crippen LogP contribution in [0.1, 0.15) is 43.0 Å². The van der Waals surface area contributed by atoms with Gasteiger partial charge in [0, 0.05) is 16.1 Å². The van der Waals surface area contributed by atoms with E-state index in [2.05, 4.69) is 6.92 Å². The summed E-state index contributed by atoms with van der Waals surface area (Å²) in [6, 6.07) is 21.2. The zero-order chi connectivity index (χ0) is 28.9. The fourth-order valence-corrected chi connectivity index (χ4v) is 5.87. The van der Waals surface area contributed by atoms with Crippen LogP contribution in [-0.4, -0.2) is 30.9 Å². The zero-order valence-electron chi connectivity index (χ0n) is 22.9. The fourth-order valence-electron chi connectivity index (χ4n) is 4.69. The number of halogens is 1. The Kier molecular flexibility index (Phi) is 8.71. The van der Waals surface area contributed by atoms with Crippen molar-refractivity contribution in [3.05, 3.63) is 120 Å². The molecule has 0 amide bonds. The summed E-state index contributed by atoms with van der Waals surface area (Å²) in [4.78, 5) is 33.0. The van der Waals surface area contributed by atoms with Gasteiger partial charge >= 0.3 is 5.97 Å². The Hall–Kier alpha value is -4.14. The second-order valence-electron chi connectivity index (χ2n) is 9.24. The van der Waals surface area contributed by atoms with E-state index in [0.29, 0.717) is 38.0 Å². The van der Waals surface area contributed by atoms with Crippen LogP contribution in [0.15, 0.2) is 88.2 Å². The highest BCUT2D eigenvalue weighted by molar-refractivity contribution is 7.07. The number of methoxy groups -OCH3 is 1. The van der Waals surface area contributed by atoms with Gasteiger partial charge in [-0.3, -0.25) is 9.36 Å². The summed E-state index contributed by atoms with van der Waals surface area (Å²) in [5.74, 6) is 0.678. The van der Waals surface area contributed by atoms with Crippen molar-refractivity contribution in [2.24, 2.45) is 4.99 Å². The van der Waals surface area contributed by atoms with E-state index in [1.54, 1.807) is 25.1 Å². The Balaban J connectivity index is 1.78. The third-order valence-corrected chi connectivity index (χ3v) is 7.73. The molecule has 1 aliphatic heterocycles. The highest BCUT2D eigenvalue weighted by Crippen LogP contribution is 2.39. The standard InChI is InChI=1S/C32H29ClN2O5S/c1-4-17-40-23-14-11-20(12-15-23)18-26-30(36)35-29(24-19-22(33)13-16-25(24)38-3)27(31(37)39-5-2)28(34-32(35)41-26)21-9-7-6-8-10-21/h6-16,18-19,29H,4-5,17H2,1-3H3/b26-18+/t29-/m1/s1. The number of aromatic nitrogens is 1. The van der Waals surface area contributed by atoms with E-state index >= 15 is 0 Å². The van der Waals surface area contributed by atoms with E-state index in [-0.39, 0.29) is 17.7 Å². The van der Waals surface area contributed by atoms with Crippen LogP contribution in [0, 0.1) is 0 Å². The topological polar surface area (TPSA) is 79.1 Å². The monoisotopic (exact) mass is 588 g/mol. The first kappa shape index (κ1) is 28.4. The maximum absolute atomic E-state index is 14.1. The minimum Gasteiger partial charge on any atom is -0.496 e. The van der Waals surface area contributed by atoms with Gasteiger partial charge in [0.25, 0.3) is 5.56 Å². The van der Waals surface area contributed by atoms with Crippen LogP contribution in [0.3, 0.4) is 0 Å². The van der Waals surface area contributed by atoms with Crippen molar-refractivity contribution in [2.75, 3.05) is 20.3 Å². The summed E-state index contributed by atoms with van der Waals surface area (Å²) >= 11 is 7.70. The number of ether oxygens (including phenoxy) is 3. The average molecular weight is 589 g/mol. The Morgan fingerprint density at radius 3 is 2.51 bits per heavy atom. The van der Waals surface area contributed by atoms with Crippen molar-refractivity contribution < 1.29 is 19.0 Å². The van der Waals surface area contributed by atoms with Crippen LogP contribution in [0.2, 0.25) is 5.02 Å². The molecule has 9 heteroatoms. The summed E-state index contributed by atoms with van der Waals surface area (Å²) in [6.07, 6.45) is 2.73. The van der Waals surface area contributed by atoms with Crippen molar-refractivity contribution in [1.82, 2.24) is 4.57 Å². The van der Waals surface area contributed by atoms with E-state index in [4.69, 9.17) is 30.8 Å². The van der Waals surface area contributed by atoms with Gasteiger partial charge in [-0.15, -0.1) is 0 Å². The number of carbonyl (C=O) groups excluding carboxylic acids is 1. The lowest BCUT2D eigenvalue weighted by Gasteiger charge is -2.27. The molecule has 7 nitrogen and oxygen atoms in total. The smallest absolute Gasteiger partial charge is 0.338 e. The van der Waals surface area contributed by atoms with E-state index in [9.17, 15) is 9.59 Å². The van der Waals surface area contributed by atoms with Crippen LogP contribution in [0.25, 0.3) is 11.8 Å². The van der Waals surface area contributed by atoms with Gasteiger partial charge in [-0.25, -0.2) is 9.79 Å². The van der Waals surface area contributed by atoms with E-state index in [1.165, 1.54) is 23.0 Å². The molecule has 1 aromatic heterocycles. The lowest BCUT2D eigenvalue weighted by atomic mass is 9.92. The predicted molar refractivity (Wildman–Crippen MR) is 161 cm³/mol. The quantitative estimate of drug-likeness (QED) is 0.245. The Labute approximate surface area is 246 Å². The van der Waals surface area contributed by atoms with E-state index < -0.39 is 12.0 Å². The van der Waals surface area contributed by atoms with Crippen molar-refractivity contribution in [1.29, 1.82) is 0 Å². The molecular formula is C32H29ClN2O5S. The number of hydrogen-bond donors (Lipinski definition) is 0. The normalized spacial score (nSPS) is 14.8. The first-order valence-electron chi connectivity index (χ1n) is 13.3. The number of rotatable bonds is 9. The minimum atomic E-state index is -0.888. The molecule has 0 spiro atoms. The predicted octanol–water partition coefficient (Wildman–Crippen LogP) is 5.39. The summed E-state index contributed by atoms with van der Waals surface area (Å²) in [7, 11) is 1.54. The van der Waals surface area contributed by atoms with Crippen molar-refractivity contribution in [3.8, 4) is 11.5 Å². The molecule has 1 atom stereocenters. The number of carbonyl (C=O) groups is 1. The molecule has 0 radical (unpaired) electrons.